The van der Waals surface area contributed by atoms with Crippen LogP contribution < -0.4 is 5.32 Å². The lowest BCUT2D eigenvalue weighted by atomic mass is 10.3. The standard InChI is InChI=1S/C16H21BrF3N5O/c1-10-9-13(16(18,19)20)23-24(10)7-4-6-21-14(26)5-8-25-12(3)15(17)11(2)22-25/h9H,4-8H2,1-3H3,(H,21,26). The number of rotatable bonds is 7. The number of carbonyl (C=O) groups excluding carboxylic acids is 1. The van der Waals surface area contributed by atoms with Crippen LogP contribution in [0.25, 0.3) is 0 Å². The lowest BCUT2D eigenvalue weighted by molar-refractivity contribution is -0.141. The molecule has 0 fully saturated rings. The second-order valence-corrected chi connectivity index (χ2v) is 6.85. The van der Waals surface area contributed by atoms with Gasteiger partial charge in [0.2, 0.25) is 5.91 Å². The summed E-state index contributed by atoms with van der Waals surface area (Å²) in [5.41, 5.74) is 1.38. The van der Waals surface area contributed by atoms with Crippen molar-refractivity contribution in [2.75, 3.05) is 6.54 Å². The summed E-state index contributed by atoms with van der Waals surface area (Å²) < 4.78 is 41.8. The first-order chi connectivity index (χ1) is 12.1. The van der Waals surface area contributed by atoms with Crippen LogP contribution >= 0.6 is 15.9 Å². The van der Waals surface area contributed by atoms with Crippen molar-refractivity contribution in [3.63, 3.8) is 0 Å². The number of carbonyl (C=O) groups is 1. The van der Waals surface area contributed by atoms with Gasteiger partial charge >= 0.3 is 6.18 Å². The largest absolute Gasteiger partial charge is 0.435 e. The van der Waals surface area contributed by atoms with E-state index in [-0.39, 0.29) is 12.3 Å². The van der Waals surface area contributed by atoms with Gasteiger partial charge in [-0.2, -0.15) is 23.4 Å². The van der Waals surface area contributed by atoms with Crippen molar-refractivity contribution in [2.45, 2.75) is 52.9 Å². The number of nitrogens with zero attached hydrogens (tertiary/aromatic N) is 4. The van der Waals surface area contributed by atoms with Crippen LogP contribution in [-0.2, 0) is 24.1 Å². The molecule has 6 nitrogen and oxygen atoms in total. The molecule has 2 rings (SSSR count). The number of hydrogen-bond donors (Lipinski definition) is 1. The van der Waals surface area contributed by atoms with E-state index in [9.17, 15) is 18.0 Å². The highest BCUT2D eigenvalue weighted by atomic mass is 79.9. The Morgan fingerprint density at radius 3 is 2.42 bits per heavy atom. The molecule has 2 heterocycles. The van der Waals surface area contributed by atoms with Crippen molar-refractivity contribution in [2.24, 2.45) is 0 Å². The molecule has 1 N–H and O–H groups in total. The van der Waals surface area contributed by atoms with Crippen LogP contribution in [-0.4, -0.2) is 32.0 Å². The van der Waals surface area contributed by atoms with Gasteiger partial charge in [0, 0.05) is 30.9 Å². The fourth-order valence-electron chi connectivity index (χ4n) is 2.52. The molecular formula is C16H21BrF3N5O. The van der Waals surface area contributed by atoms with E-state index in [1.54, 1.807) is 11.6 Å². The lowest BCUT2D eigenvalue weighted by Gasteiger charge is -2.08. The number of aryl methyl sites for hydroxylation is 4. The summed E-state index contributed by atoms with van der Waals surface area (Å²) in [6.07, 6.45) is -3.66. The van der Waals surface area contributed by atoms with Gasteiger partial charge in [0.05, 0.1) is 16.7 Å². The van der Waals surface area contributed by atoms with Gasteiger partial charge in [-0.3, -0.25) is 14.2 Å². The topological polar surface area (TPSA) is 64.7 Å². The van der Waals surface area contributed by atoms with Crippen LogP contribution in [0.4, 0.5) is 13.2 Å². The van der Waals surface area contributed by atoms with E-state index in [0.29, 0.717) is 31.7 Å². The van der Waals surface area contributed by atoms with E-state index < -0.39 is 11.9 Å². The van der Waals surface area contributed by atoms with Gasteiger partial charge in [-0.1, -0.05) is 0 Å². The monoisotopic (exact) mass is 435 g/mol. The number of alkyl halides is 3. The third-order valence-corrected chi connectivity index (χ3v) is 5.13. The van der Waals surface area contributed by atoms with E-state index in [0.717, 1.165) is 21.9 Å². The average molecular weight is 436 g/mol. The third kappa shape index (κ3) is 5.09. The molecule has 1 amide bonds. The van der Waals surface area contributed by atoms with E-state index in [1.807, 2.05) is 13.8 Å². The summed E-state index contributed by atoms with van der Waals surface area (Å²) in [4.78, 5) is 11.9. The molecule has 0 aliphatic heterocycles. The zero-order valence-corrected chi connectivity index (χ0v) is 16.4. The number of nitrogens with one attached hydrogen (secondary N) is 1. The molecule has 0 aliphatic rings. The summed E-state index contributed by atoms with van der Waals surface area (Å²) in [6.45, 7) is 6.54. The van der Waals surface area contributed by atoms with Gasteiger partial charge in [-0.05, 0) is 49.2 Å². The molecule has 0 unspecified atom stereocenters. The molecule has 2 aromatic heterocycles. The van der Waals surface area contributed by atoms with Crippen molar-refractivity contribution >= 4 is 21.8 Å². The SMILES string of the molecule is Cc1nn(CCC(=O)NCCCn2nc(C(F)(F)F)cc2C)c(C)c1Br. The summed E-state index contributed by atoms with van der Waals surface area (Å²) >= 11 is 3.44. The molecule has 10 heteroatoms. The maximum atomic E-state index is 12.6. The molecule has 0 atom stereocenters. The molecule has 0 radical (unpaired) electrons. The van der Waals surface area contributed by atoms with Crippen molar-refractivity contribution in [1.29, 1.82) is 0 Å². The Kier molecular flexibility index (Phi) is 6.48. The minimum atomic E-state index is -4.44. The highest BCUT2D eigenvalue weighted by Crippen LogP contribution is 2.28. The maximum Gasteiger partial charge on any atom is 0.435 e. The normalized spacial score (nSPS) is 11.8. The molecular weight excluding hydrogens is 415 g/mol. The summed E-state index contributed by atoms with van der Waals surface area (Å²) in [5.74, 6) is -0.123. The van der Waals surface area contributed by atoms with Crippen LogP contribution in [0.1, 0.15) is 35.6 Å². The predicted molar refractivity (Wildman–Crippen MR) is 93.6 cm³/mol. The fourth-order valence-corrected chi connectivity index (χ4v) is 2.80. The second kappa shape index (κ2) is 8.24. The highest BCUT2D eigenvalue weighted by Gasteiger charge is 2.34. The molecule has 0 spiro atoms. The smallest absolute Gasteiger partial charge is 0.356 e. The van der Waals surface area contributed by atoms with E-state index in [2.05, 4.69) is 31.4 Å². The number of amides is 1. The molecule has 0 aromatic carbocycles. The Bertz CT molecular complexity index is 782. The van der Waals surface area contributed by atoms with Crippen molar-refractivity contribution in [1.82, 2.24) is 24.9 Å². The minimum absolute atomic E-state index is 0.123. The Balaban J connectivity index is 1.73. The molecule has 144 valence electrons. The van der Waals surface area contributed by atoms with Crippen LogP contribution in [0.5, 0.6) is 0 Å². The number of aromatic nitrogens is 4. The van der Waals surface area contributed by atoms with Gasteiger partial charge in [0.1, 0.15) is 0 Å². The van der Waals surface area contributed by atoms with Gasteiger partial charge in [-0.25, -0.2) is 0 Å². The first kappa shape index (κ1) is 20.5. The first-order valence-corrected chi connectivity index (χ1v) is 8.96. The molecule has 2 aromatic rings. The Morgan fingerprint density at radius 2 is 1.88 bits per heavy atom. The Morgan fingerprint density at radius 1 is 1.19 bits per heavy atom. The van der Waals surface area contributed by atoms with Crippen molar-refractivity contribution < 1.29 is 18.0 Å². The third-order valence-electron chi connectivity index (χ3n) is 3.98. The van der Waals surface area contributed by atoms with E-state index in [1.165, 1.54) is 4.68 Å². The van der Waals surface area contributed by atoms with E-state index >= 15 is 0 Å². The molecule has 26 heavy (non-hydrogen) atoms. The number of hydrogen-bond acceptors (Lipinski definition) is 3. The van der Waals surface area contributed by atoms with Crippen LogP contribution in [0.15, 0.2) is 10.5 Å². The second-order valence-electron chi connectivity index (χ2n) is 6.05. The lowest BCUT2D eigenvalue weighted by Crippen LogP contribution is -2.26. The van der Waals surface area contributed by atoms with Crippen LogP contribution in [0.2, 0.25) is 0 Å². The predicted octanol–water partition coefficient (Wildman–Crippen LogP) is 3.38. The van der Waals surface area contributed by atoms with Crippen LogP contribution in [0.3, 0.4) is 0 Å². The van der Waals surface area contributed by atoms with Crippen LogP contribution in [0, 0.1) is 20.8 Å². The van der Waals surface area contributed by atoms with Crippen molar-refractivity contribution in [3.8, 4) is 0 Å². The van der Waals surface area contributed by atoms with Gasteiger partial charge in [0.25, 0.3) is 0 Å². The molecule has 0 bridgehead atoms. The minimum Gasteiger partial charge on any atom is -0.356 e. The molecule has 0 saturated heterocycles. The Labute approximate surface area is 157 Å². The zero-order chi connectivity index (χ0) is 19.5. The fraction of sp³-hybridized carbons (Fsp3) is 0.562. The summed E-state index contributed by atoms with van der Waals surface area (Å²) in [5, 5.41) is 10.7. The molecule has 0 saturated carbocycles. The zero-order valence-electron chi connectivity index (χ0n) is 14.8. The molecule has 0 aliphatic carbocycles. The number of halogens is 4. The van der Waals surface area contributed by atoms with E-state index in [4.69, 9.17) is 0 Å². The quantitative estimate of drug-likeness (QED) is 0.677. The Hall–Kier alpha value is -1.84. The van der Waals surface area contributed by atoms with Gasteiger partial charge < -0.3 is 5.32 Å². The van der Waals surface area contributed by atoms with Crippen molar-refractivity contribution in [3.05, 3.63) is 33.3 Å². The summed E-state index contributed by atoms with van der Waals surface area (Å²) in [6, 6.07) is 1.02. The first-order valence-electron chi connectivity index (χ1n) is 8.17. The summed E-state index contributed by atoms with van der Waals surface area (Å²) in [7, 11) is 0. The van der Waals surface area contributed by atoms with Gasteiger partial charge in [0.15, 0.2) is 5.69 Å². The van der Waals surface area contributed by atoms with Gasteiger partial charge in [-0.15, -0.1) is 0 Å². The highest BCUT2D eigenvalue weighted by molar-refractivity contribution is 9.10. The average Bonchev–Trinajstić information content (AvgIpc) is 3.05. The maximum absolute atomic E-state index is 12.6.